The minimum absolute atomic E-state index is 0. The van der Waals surface area contributed by atoms with Crippen molar-refractivity contribution < 1.29 is 20.1 Å². The monoisotopic (exact) mass is 1110 g/mol. The van der Waals surface area contributed by atoms with Gasteiger partial charge in [0.25, 0.3) is 0 Å². The largest absolute Gasteiger partial charge is 0 e. The third-order valence-electron chi connectivity index (χ3n) is 13.0. The van der Waals surface area contributed by atoms with Gasteiger partial charge in [0, 0.05) is 31.5 Å². The van der Waals surface area contributed by atoms with E-state index in [1.807, 2.05) is 18.2 Å². The van der Waals surface area contributed by atoms with Crippen LogP contribution in [-0.4, -0.2) is 32.8 Å². The Morgan fingerprint density at radius 2 is 1.43 bits per heavy atom. The maximum Gasteiger partial charge on any atom is 0 e. The molecule has 1 radical (unpaired) electrons. The average molecular weight is 1110 g/mol. The zero-order chi connectivity index (χ0) is 44.5. The molecule has 0 atom stereocenters. The van der Waals surface area contributed by atoms with Gasteiger partial charge >= 0.3 is 144 Å². The van der Waals surface area contributed by atoms with Crippen molar-refractivity contribution in [1.29, 1.82) is 0 Å². The van der Waals surface area contributed by atoms with E-state index in [2.05, 4.69) is 178 Å². The van der Waals surface area contributed by atoms with E-state index >= 15 is 0 Å². The van der Waals surface area contributed by atoms with Crippen LogP contribution in [0.25, 0.3) is 70.8 Å². The fraction of sp³-hybridized carbons (Fsp3) is 0.293. The van der Waals surface area contributed by atoms with E-state index < -0.39 is 13.3 Å². The van der Waals surface area contributed by atoms with Crippen LogP contribution in [0.3, 0.4) is 0 Å². The van der Waals surface area contributed by atoms with Gasteiger partial charge < -0.3 is 4.57 Å². The number of benzene rings is 5. The number of imidazole rings is 1. The molecule has 0 amide bonds. The maximum atomic E-state index is 5.30. The van der Waals surface area contributed by atoms with Gasteiger partial charge in [-0.1, -0.05) is 87.2 Å². The summed E-state index contributed by atoms with van der Waals surface area (Å²) >= 11 is -0.151. The number of thiophene rings is 1. The van der Waals surface area contributed by atoms with Gasteiger partial charge in [-0.15, -0.1) is 18.2 Å². The fourth-order valence-electron chi connectivity index (χ4n) is 9.66. The topological polar surface area (TPSA) is 43.6 Å². The van der Waals surface area contributed by atoms with Crippen LogP contribution in [0.2, 0.25) is 17.3 Å². The molecule has 1 aliphatic rings. The van der Waals surface area contributed by atoms with Crippen LogP contribution >= 0.6 is 11.3 Å². The molecule has 10 rings (SSSR count). The van der Waals surface area contributed by atoms with Gasteiger partial charge in [0.2, 0.25) is 0 Å². The van der Waals surface area contributed by atoms with Gasteiger partial charge in [-0.3, -0.25) is 4.98 Å². The quantitative estimate of drug-likeness (QED) is 0.107. The van der Waals surface area contributed by atoms with E-state index in [4.69, 9.17) is 15.0 Å². The van der Waals surface area contributed by atoms with Gasteiger partial charge in [-0.25, -0.2) is 4.98 Å². The Morgan fingerprint density at radius 1 is 0.723 bits per heavy atom. The first-order chi connectivity index (χ1) is 30.9. The number of hydrogen-bond acceptors (Lipinski definition) is 4. The van der Waals surface area contributed by atoms with E-state index in [1.54, 1.807) is 21.3 Å². The van der Waals surface area contributed by atoms with Gasteiger partial charge in [0.1, 0.15) is 4.83 Å². The second kappa shape index (κ2) is 20.0. The predicted octanol–water partition coefficient (Wildman–Crippen LogP) is 15.7. The molecule has 0 aliphatic heterocycles. The molecule has 65 heavy (non-hydrogen) atoms. The Balaban J connectivity index is 0.000000204. The van der Waals surface area contributed by atoms with Crippen LogP contribution < -0.4 is 4.40 Å². The molecule has 1 aliphatic carbocycles. The van der Waals surface area contributed by atoms with Crippen molar-refractivity contribution in [3.63, 3.8) is 0 Å². The number of aryl methyl sites for hydroxylation is 1. The van der Waals surface area contributed by atoms with Crippen molar-refractivity contribution >= 4 is 60.3 Å². The summed E-state index contributed by atoms with van der Waals surface area (Å²) in [7, 11) is 0. The van der Waals surface area contributed by atoms with Crippen LogP contribution in [0.1, 0.15) is 94.0 Å². The Bertz CT molecular complexity index is 3040. The summed E-state index contributed by atoms with van der Waals surface area (Å²) in [6.07, 6.45) is 10.5. The van der Waals surface area contributed by atoms with E-state index in [-0.39, 0.29) is 20.1 Å². The number of aromatic nitrogens is 4. The molecule has 5 aromatic carbocycles. The maximum absolute atomic E-state index is 5.30. The fourth-order valence-corrected chi connectivity index (χ4v) is 14.2. The van der Waals surface area contributed by atoms with Crippen molar-refractivity contribution in [1.82, 2.24) is 19.5 Å². The molecule has 0 N–H and O–H groups in total. The standard InChI is InChI=1S/C37H32N3S.C21H28GeN.Ir/c1-22(2)30-20-26(25-12-7-6-8-13-25)21-31(23(3)4)34(30)40-33-17-10-9-16-32(33)39-36(40)29-15-11-14-27-28-19-18-24(5)38-37(28)41-35(27)29;1-22(2,3)20-16-23-21(18-12-8-5-9-13-18)15-19(20)14-17-10-6-4-7-11-17;/h6-14,16-23H,1-5H3;5,8-9,12,15-17H,4,6-7,10-11,14H2,1-3H3;/q2*-1;. The number of para-hydroxylation sites is 2. The number of fused-ring (bicyclic) bond motifs is 4. The first-order valence-corrected chi connectivity index (χ1v) is 31.5. The predicted molar refractivity (Wildman–Crippen MR) is 276 cm³/mol. The van der Waals surface area contributed by atoms with Gasteiger partial charge in [-0.2, -0.15) is 11.3 Å². The molecule has 0 bridgehead atoms. The van der Waals surface area contributed by atoms with Crippen molar-refractivity contribution in [2.24, 2.45) is 5.92 Å². The average Bonchev–Trinajstić information content (AvgIpc) is 3.87. The minimum atomic E-state index is -1.89. The molecule has 1 fully saturated rings. The third kappa shape index (κ3) is 9.88. The van der Waals surface area contributed by atoms with Gasteiger partial charge in [0.15, 0.2) is 0 Å². The molecule has 333 valence electrons. The molecule has 9 aromatic rings. The SMILES string of the molecule is Cc1ccc2c(n1)sc1c(-c3nc4ccccc4n3-c3c(C(C)C)cc(-c4ccccc4)cc3C(C)C)[c-]ccc12.[CH3][Ge]([CH3])([CH3])[c]1cnc(-c2[c-]cccc2)cc1CC1CCCCC1.[Ir]. The second-order valence-corrected chi connectivity index (χ2v) is 31.0. The Morgan fingerprint density at radius 3 is 2.12 bits per heavy atom. The summed E-state index contributed by atoms with van der Waals surface area (Å²) in [5.41, 5.74) is 14.3. The summed E-state index contributed by atoms with van der Waals surface area (Å²) < 4.78 is 5.17. The molecule has 7 heteroatoms. The van der Waals surface area contributed by atoms with Crippen molar-refractivity contribution in [3.05, 3.63) is 162 Å². The summed E-state index contributed by atoms with van der Waals surface area (Å²) in [5, 5.41) is 2.39. The molecule has 4 heterocycles. The van der Waals surface area contributed by atoms with E-state index in [0.29, 0.717) is 11.8 Å². The smallest absolute Gasteiger partial charge is 0 e. The summed E-state index contributed by atoms with van der Waals surface area (Å²) in [4.78, 5) is 16.0. The van der Waals surface area contributed by atoms with Crippen molar-refractivity contribution in [2.45, 2.75) is 102 Å². The zero-order valence-corrected chi connectivity index (χ0v) is 44.4. The first kappa shape index (κ1) is 46.8. The van der Waals surface area contributed by atoms with Gasteiger partial charge in [0.05, 0.1) is 16.9 Å². The number of hydrogen-bond donors (Lipinski definition) is 0. The summed E-state index contributed by atoms with van der Waals surface area (Å²) in [5.74, 6) is 9.88. The Kier molecular flexibility index (Phi) is 14.4. The molecular weight excluding hydrogens is 1050 g/mol. The molecule has 0 spiro atoms. The second-order valence-electron chi connectivity index (χ2n) is 19.4. The number of pyridine rings is 2. The van der Waals surface area contributed by atoms with E-state index in [1.165, 1.54) is 81.9 Å². The van der Waals surface area contributed by atoms with E-state index in [0.717, 1.165) is 50.1 Å². The number of rotatable bonds is 9. The normalized spacial score (nSPS) is 13.4. The van der Waals surface area contributed by atoms with Crippen LogP contribution in [0, 0.1) is 25.0 Å². The molecule has 0 saturated heterocycles. The van der Waals surface area contributed by atoms with Crippen LogP contribution in [0.15, 0.2) is 128 Å². The zero-order valence-electron chi connectivity index (χ0n) is 39.1. The Labute approximate surface area is 406 Å². The minimum Gasteiger partial charge on any atom is 0 e. The van der Waals surface area contributed by atoms with Crippen LogP contribution in [0.5, 0.6) is 0 Å². The molecule has 4 nitrogen and oxygen atoms in total. The van der Waals surface area contributed by atoms with Crippen molar-refractivity contribution in [2.75, 3.05) is 0 Å². The molecule has 4 aromatic heterocycles. The third-order valence-corrected chi connectivity index (χ3v) is 18.4. The molecule has 1 saturated carbocycles. The first-order valence-electron chi connectivity index (χ1n) is 23.3. The number of nitrogens with zero attached hydrogens (tertiary/aromatic N) is 4. The van der Waals surface area contributed by atoms with E-state index in [9.17, 15) is 0 Å². The van der Waals surface area contributed by atoms with Crippen LogP contribution in [0.4, 0.5) is 0 Å². The summed E-state index contributed by atoms with van der Waals surface area (Å²) in [6.45, 7) is 11.2. The molecular formula is C58H60GeIrN4S-2. The Hall–Kier alpha value is -4.72. The van der Waals surface area contributed by atoms with Crippen molar-refractivity contribution in [3.8, 4) is 39.5 Å². The van der Waals surface area contributed by atoms with Gasteiger partial charge in [-0.05, 0) is 81.4 Å². The summed E-state index contributed by atoms with van der Waals surface area (Å²) in [6, 6.07) is 50.0. The molecule has 0 unspecified atom stereocenters. The van der Waals surface area contributed by atoms with Crippen LogP contribution in [-0.2, 0) is 26.5 Å².